The Morgan fingerprint density at radius 3 is 2.32 bits per heavy atom. The lowest BCUT2D eigenvalue weighted by molar-refractivity contribution is -0.142. The quantitative estimate of drug-likeness (QED) is 0.235. The number of ether oxygens (including phenoxy) is 1. The third kappa shape index (κ3) is 7.75. The first kappa shape index (κ1) is 32.1. The highest BCUT2D eigenvalue weighted by atomic mass is 19.2. The molecule has 2 heterocycles. The Kier molecular flexibility index (Phi) is 10.3. The second-order valence-electron chi connectivity index (χ2n) is 10.1. The van der Waals surface area contributed by atoms with Crippen molar-refractivity contribution in [2.45, 2.75) is 32.0 Å². The van der Waals surface area contributed by atoms with Crippen LogP contribution < -0.4 is 10.1 Å². The Morgan fingerprint density at radius 2 is 1.68 bits per heavy atom. The van der Waals surface area contributed by atoms with Crippen molar-refractivity contribution < 1.29 is 46.6 Å². The monoisotopic (exact) mass is 616 g/mol. The number of carboxylic acid groups (broad SMARTS) is 1. The molecule has 3 aromatic rings. The van der Waals surface area contributed by atoms with Gasteiger partial charge in [-0.2, -0.15) is 8.78 Å². The number of nitrogens with one attached hydrogen (secondary N) is 1. The molecule has 0 aliphatic carbocycles. The summed E-state index contributed by atoms with van der Waals surface area (Å²) in [5, 5.41) is 11.5. The minimum atomic E-state index is -1.88. The number of aliphatic carboxylic acids is 1. The van der Waals surface area contributed by atoms with Gasteiger partial charge in [-0.05, 0) is 24.1 Å². The van der Waals surface area contributed by atoms with E-state index in [1.54, 1.807) is 22.2 Å². The number of piperazine rings is 1. The van der Waals surface area contributed by atoms with Crippen molar-refractivity contribution in [3.05, 3.63) is 83.7 Å². The molecule has 1 saturated heterocycles. The lowest BCUT2D eigenvalue weighted by Crippen LogP contribution is -2.57. The first-order chi connectivity index (χ1) is 20.9. The van der Waals surface area contributed by atoms with Crippen LogP contribution in [0.2, 0.25) is 0 Å². The van der Waals surface area contributed by atoms with E-state index in [0.29, 0.717) is 6.54 Å². The summed E-state index contributed by atoms with van der Waals surface area (Å²) >= 11 is 0. The minimum absolute atomic E-state index is 0.0423. The summed E-state index contributed by atoms with van der Waals surface area (Å²) in [6.07, 6.45) is 2.48. The van der Waals surface area contributed by atoms with Crippen LogP contribution in [0.3, 0.4) is 0 Å². The fourth-order valence-electron chi connectivity index (χ4n) is 4.61. The summed E-state index contributed by atoms with van der Waals surface area (Å²) in [5.41, 5.74) is 2.69. The predicted molar refractivity (Wildman–Crippen MR) is 147 cm³/mol. The summed E-state index contributed by atoms with van der Waals surface area (Å²) in [6.45, 7) is 0.998. The van der Waals surface area contributed by atoms with Crippen molar-refractivity contribution in [2.24, 2.45) is 0 Å². The molecule has 0 saturated carbocycles. The molecule has 4 rings (SSSR count). The molecule has 1 unspecified atom stereocenters. The van der Waals surface area contributed by atoms with Crippen LogP contribution in [-0.4, -0.2) is 81.8 Å². The Bertz CT molecular complexity index is 1530. The van der Waals surface area contributed by atoms with E-state index in [0.717, 1.165) is 16.7 Å². The van der Waals surface area contributed by atoms with Gasteiger partial charge in [0, 0.05) is 43.7 Å². The third-order valence-electron chi connectivity index (χ3n) is 7.06. The van der Waals surface area contributed by atoms with Crippen molar-refractivity contribution in [3.8, 4) is 16.9 Å². The molecule has 2 aromatic carbocycles. The molecule has 1 aliphatic heterocycles. The van der Waals surface area contributed by atoms with Crippen molar-refractivity contribution in [1.29, 1.82) is 0 Å². The van der Waals surface area contributed by atoms with Crippen LogP contribution in [0.25, 0.3) is 11.1 Å². The number of rotatable bonds is 12. The molecule has 1 aromatic heterocycles. The zero-order chi connectivity index (χ0) is 32.0. The standard InChI is InChI=1S/C30H28F4N4O6/c1-17(30(43)36-23(11-26(41)42)24(39)16-44-29-27(33)21(31)10-22(32)28(29)34)37-7-8-38(25(40)15-37)14-18-9-20(13-35-12-18)19-5-3-2-4-6-19/h2-6,9-10,12-13,17,23H,7-8,11,14-16H2,1H3,(H,36,43)(H,41,42)/t17?,23-/m0/s1. The molecule has 0 radical (unpaired) electrons. The number of halogens is 4. The predicted octanol–water partition coefficient (Wildman–Crippen LogP) is 2.95. The number of hydrogen-bond acceptors (Lipinski definition) is 7. The summed E-state index contributed by atoms with van der Waals surface area (Å²) in [5.74, 6) is -12.4. The maximum absolute atomic E-state index is 13.9. The molecule has 14 heteroatoms. The molecule has 44 heavy (non-hydrogen) atoms. The third-order valence-corrected chi connectivity index (χ3v) is 7.06. The SMILES string of the molecule is CC(C(=O)N[C@@H](CC(=O)O)C(=O)COc1c(F)c(F)cc(F)c1F)N1CCN(Cc2cncc(-c3ccccc3)c2)C(=O)C1. The first-order valence-corrected chi connectivity index (χ1v) is 13.5. The van der Waals surface area contributed by atoms with E-state index < -0.39 is 71.8 Å². The zero-order valence-corrected chi connectivity index (χ0v) is 23.4. The van der Waals surface area contributed by atoms with Gasteiger partial charge in [0.1, 0.15) is 12.6 Å². The second kappa shape index (κ2) is 14.1. The Hall–Kier alpha value is -4.85. The van der Waals surface area contributed by atoms with Gasteiger partial charge in [-0.3, -0.25) is 29.1 Å². The molecular weight excluding hydrogens is 588 g/mol. The van der Waals surface area contributed by atoms with E-state index in [1.165, 1.54) is 6.92 Å². The van der Waals surface area contributed by atoms with Crippen LogP contribution in [0.5, 0.6) is 5.75 Å². The first-order valence-electron chi connectivity index (χ1n) is 13.5. The number of aromatic nitrogens is 1. The van der Waals surface area contributed by atoms with Crippen LogP contribution in [0.15, 0.2) is 54.9 Å². The van der Waals surface area contributed by atoms with Gasteiger partial charge >= 0.3 is 5.97 Å². The molecule has 0 spiro atoms. The average molecular weight is 617 g/mol. The number of carbonyl (C=O) groups is 4. The molecule has 232 valence electrons. The maximum Gasteiger partial charge on any atom is 0.305 e. The topological polar surface area (TPSA) is 129 Å². The summed E-state index contributed by atoms with van der Waals surface area (Å²) in [4.78, 5) is 57.4. The number of nitrogens with zero attached hydrogens (tertiary/aromatic N) is 3. The number of ketones is 1. The molecule has 10 nitrogen and oxygen atoms in total. The molecule has 1 aliphatic rings. The Morgan fingerprint density at radius 1 is 1.00 bits per heavy atom. The number of carbonyl (C=O) groups excluding carboxylic acids is 3. The van der Waals surface area contributed by atoms with E-state index in [-0.39, 0.29) is 31.6 Å². The second-order valence-corrected chi connectivity index (χ2v) is 10.1. The van der Waals surface area contributed by atoms with Gasteiger partial charge in [0.25, 0.3) is 0 Å². The molecule has 2 N–H and O–H groups in total. The van der Waals surface area contributed by atoms with Crippen LogP contribution >= 0.6 is 0 Å². The van der Waals surface area contributed by atoms with Crippen molar-refractivity contribution >= 4 is 23.6 Å². The van der Waals surface area contributed by atoms with Gasteiger partial charge in [-0.15, -0.1) is 0 Å². The van der Waals surface area contributed by atoms with Crippen molar-refractivity contribution in [2.75, 3.05) is 26.2 Å². The normalized spacial score (nSPS) is 15.0. The maximum atomic E-state index is 13.9. The van der Waals surface area contributed by atoms with E-state index in [2.05, 4.69) is 15.0 Å². The van der Waals surface area contributed by atoms with Gasteiger partial charge < -0.3 is 20.1 Å². The minimum Gasteiger partial charge on any atom is -0.481 e. The zero-order valence-electron chi connectivity index (χ0n) is 23.4. The number of hydrogen-bond donors (Lipinski definition) is 2. The smallest absolute Gasteiger partial charge is 0.305 e. The number of pyridine rings is 1. The fraction of sp³-hybridized carbons (Fsp3) is 0.300. The van der Waals surface area contributed by atoms with Crippen LogP contribution in [-0.2, 0) is 25.7 Å². The van der Waals surface area contributed by atoms with Crippen LogP contribution in [0, 0.1) is 23.3 Å². The number of amides is 2. The summed E-state index contributed by atoms with van der Waals surface area (Å²) in [6, 6.07) is 8.85. The molecule has 1 fully saturated rings. The fourth-order valence-corrected chi connectivity index (χ4v) is 4.61. The highest BCUT2D eigenvalue weighted by Gasteiger charge is 2.33. The Labute approximate surface area is 249 Å². The highest BCUT2D eigenvalue weighted by molar-refractivity contribution is 5.94. The Balaban J connectivity index is 1.35. The van der Waals surface area contributed by atoms with Crippen molar-refractivity contribution in [3.63, 3.8) is 0 Å². The number of carboxylic acids is 1. The molecule has 0 bridgehead atoms. The summed E-state index contributed by atoms with van der Waals surface area (Å²) in [7, 11) is 0. The van der Waals surface area contributed by atoms with Crippen molar-refractivity contribution in [1.82, 2.24) is 20.1 Å². The van der Waals surface area contributed by atoms with Crippen LogP contribution in [0.4, 0.5) is 17.6 Å². The molecule has 2 amide bonds. The average Bonchev–Trinajstić information content (AvgIpc) is 3.00. The van der Waals surface area contributed by atoms with Gasteiger partial charge in [0.2, 0.25) is 23.4 Å². The van der Waals surface area contributed by atoms with E-state index in [1.807, 2.05) is 36.4 Å². The highest BCUT2D eigenvalue weighted by Crippen LogP contribution is 2.26. The molecule has 2 atom stereocenters. The number of benzene rings is 2. The number of Topliss-reactive ketones (excluding diaryl/α,β-unsaturated/α-hetero) is 1. The lowest BCUT2D eigenvalue weighted by atomic mass is 10.1. The van der Waals surface area contributed by atoms with E-state index in [9.17, 15) is 41.8 Å². The lowest BCUT2D eigenvalue weighted by Gasteiger charge is -2.37. The van der Waals surface area contributed by atoms with Gasteiger partial charge in [-0.25, -0.2) is 8.78 Å². The molecular formula is C30H28F4N4O6. The van der Waals surface area contributed by atoms with Crippen LogP contribution in [0.1, 0.15) is 18.9 Å². The van der Waals surface area contributed by atoms with Gasteiger partial charge in [0.15, 0.2) is 23.2 Å². The van der Waals surface area contributed by atoms with E-state index in [4.69, 9.17) is 0 Å². The van der Waals surface area contributed by atoms with Gasteiger partial charge in [0.05, 0.1) is 19.0 Å². The van der Waals surface area contributed by atoms with E-state index >= 15 is 0 Å². The summed E-state index contributed by atoms with van der Waals surface area (Å²) < 4.78 is 59.3. The van der Waals surface area contributed by atoms with Gasteiger partial charge in [-0.1, -0.05) is 30.3 Å². The largest absolute Gasteiger partial charge is 0.481 e.